The number of anilines is 2. The smallest absolute Gasteiger partial charge is 0.251 e. The third-order valence-electron chi connectivity index (χ3n) is 3.84. The van der Waals surface area contributed by atoms with Gasteiger partial charge in [0.1, 0.15) is 5.75 Å². The fourth-order valence-electron chi connectivity index (χ4n) is 2.39. The summed E-state index contributed by atoms with van der Waals surface area (Å²) in [5.74, 6) is 0.916. The van der Waals surface area contributed by atoms with Crippen molar-refractivity contribution in [1.29, 1.82) is 0 Å². The van der Waals surface area contributed by atoms with Crippen molar-refractivity contribution in [3.63, 3.8) is 0 Å². The number of ether oxygens (including phenoxy) is 1. The van der Waals surface area contributed by atoms with Gasteiger partial charge in [0.05, 0.1) is 13.2 Å². The second kappa shape index (κ2) is 11.0. The molecule has 0 unspecified atom stereocenters. The quantitative estimate of drug-likeness (QED) is 0.581. The number of carbonyl (C=O) groups excluding carboxylic acids is 2. The molecule has 0 aliphatic rings. The summed E-state index contributed by atoms with van der Waals surface area (Å²) in [7, 11) is 0. The monoisotopic (exact) mass is 383 g/mol. The van der Waals surface area contributed by atoms with Crippen molar-refractivity contribution in [1.82, 2.24) is 5.32 Å². The van der Waals surface area contributed by atoms with Gasteiger partial charge in [-0.1, -0.05) is 26.8 Å². The highest BCUT2D eigenvalue weighted by molar-refractivity contribution is 5.95. The van der Waals surface area contributed by atoms with Crippen LogP contribution in [0.15, 0.2) is 48.5 Å². The molecule has 2 amide bonds. The highest BCUT2D eigenvalue weighted by atomic mass is 16.5. The van der Waals surface area contributed by atoms with Gasteiger partial charge in [0.2, 0.25) is 5.91 Å². The zero-order valence-electron chi connectivity index (χ0n) is 16.7. The minimum absolute atomic E-state index is 0.0919. The van der Waals surface area contributed by atoms with Crippen LogP contribution in [0.25, 0.3) is 0 Å². The van der Waals surface area contributed by atoms with E-state index in [2.05, 4.69) is 29.8 Å². The summed E-state index contributed by atoms with van der Waals surface area (Å²) >= 11 is 0. The topological polar surface area (TPSA) is 79.5 Å². The number of amides is 2. The first kappa shape index (κ1) is 21.3. The largest absolute Gasteiger partial charge is 0.493 e. The number of benzene rings is 2. The van der Waals surface area contributed by atoms with Gasteiger partial charge in [-0.2, -0.15) is 0 Å². The zero-order valence-corrected chi connectivity index (χ0v) is 16.7. The lowest BCUT2D eigenvalue weighted by atomic mass is 10.2. The molecule has 0 fully saturated rings. The highest BCUT2D eigenvalue weighted by Crippen LogP contribution is 2.18. The van der Waals surface area contributed by atoms with E-state index in [0.717, 1.165) is 17.9 Å². The zero-order chi connectivity index (χ0) is 20.4. The van der Waals surface area contributed by atoms with E-state index in [1.165, 1.54) is 0 Å². The summed E-state index contributed by atoms with van der Waals surface area (Å²) in [6.45, 7) is 7.59. The molecule has 0 heterocycles. The molecule has 6 heteroatoms. The Morgan fingerprint density at radius 2 is 1.79 bits per heavy atom. The molecular weight excluding hydrogens is 354 g/mol. The predicted octanol–water partition coefficient (Wildman–Crippen LogP) is 3.91. The SMILES string of the molecule is CCCNC(=O)c1ccc(NCC(=O)Nc2cccc(OCC(C)C)c2)cc1. The van der Waals surface area contributed by atoms with E-state index < -0.39 is 0 Å². The Kier molecular flexibility index (Phi) is 8.34. The molecule has 0 spiro atoms. The summed E-state index contributed by atoms with van der Waals surface area (Å²) in [5, 5.41) is 8.73. The van der Waals surface area contributed by atoms with Crippen LogP contribution in [0.2, 0.25) is 0 Å². The van der Waals surface area contributed by atoms with E-state index in [1.54, 1.807) is 24.3 Å². The van der Waals surface area contributed by atoms with Crippen molar-refractivity contribution in [3.05, 3.63) is 54.1 Å². The Bertz CT molecular complexity index is 773. The Morgan fingerprint density at radius 3 is 2.46 bits per heavy atom. The molecule has 0 atom stereocenters. The summed E-state index contributed by atoms with van der Waals surface area (Å²) in [6, 6.07) is 14.4. The third kappa shape index (κ3) is 7.31. The van der Waals surface area contributed by atoms with Crippen LogP contribution in [-0.4, -0.2) is 31.5 Å². The average molecular weight is 383 g/mol. The summed E-state index contributed by atoms with van der Waals surface area (Å²) in [5.41, 5.74) is 2.06. The van der Waals surface area contributed by atoms with Gasteiger partial charge >= 0.3 is 0 Å². The van der Waals surface area contributed by atoms with Gasteiger partial charge in [0, 0.05) is 29.5 Å². The second-order valence-electron chi connectivity index (χ2n) is 6.97. The average Bonchev–Trinajstić information content (AvgIpc) is 2.69. The highest BCUT2D eigenvalue weighted by Gasteiger charge is 2.06. The third-order valence-corrected chi connectivity index (χ3v) is 3.84. The molecule has 2 aromatic carbocycles. The van der Waals surface area contributed by atoms with Crippen LogP contribution in [0.3, 0.4) is 0 Å². The number of carbonyl (C=O) groups is 2. The van der Waals surface area contributed by atoms with E-state index in [0.29, 0.717) is 30.3 Å². The molecule has 28 heavy (non-hydrogen) atoms. The summed E-state index contributed by atoms with van der Waals surface area (Å²) in [6.07, 6.45) is 0.896. The number of hydrogen-bond donors (Lipinski definition) is 3. The lowest BCUT2D eigenvalue weighted by Crippen LogP contribution is -2.24. The molecule has 2 aromatic rings. The minimum atomic E-state index is -0.161. The van der Waals surface area contributed by atoms with Crippen LogP contribution in [0.5, 0.6) is 5.75 Å². The van der Waals surface area contributed by atoms with E-state index >= 15 is 0 Å². The first-order chi connectivity index (χ1) is 13.5. The maximum Gasteiger partial charge on any atom is 0.251 e. The molecule has 0 saturated carbocycles. The standard InChI is InChI=1S/C22H29N3O3/c1-4-12-23-22(27)17-8-10-18(11-9-17)24-14-21(26)25-19-6-5-7-20(13-19)28-15-16(2)3/h5-11,13,16,24H,4,12,14-15H2,1-3H3,(H,23,27)(H,25,26). The summed E-state index contributed by atoms with van der Waals surface area (Å²) in [4.78, 5) is 24.1. The van der Waals surface area contributed by atoms with Gasteiger partial charge in [-0.05, 0) is 48.7 Å². The Balaban J connectivity index is 1.82. The van der Waals surface area contributed by atoms with Crippen molar-refractivity contribution < 1.29 is 14.3 Å². The van der Waals surface area contributed by atoms with Crippen molar-refractivity contribution in [2.24, 2.45) is 5.92 Å². The predicted molar refractivity (Wildman–Crippen MR) is 113 cm³/mol. The Labute approximate surface area is 166 Å². The molecular formula is C22H29N3O3. The molecule has 6 nitrogen and oxygen atoms in total. The van der Waals surface area contributed by atoms with Crippen molar-refractivity contribution in [2.45, 2.75) is 27.2 Å². The maximum absolute atomic E-state index is 12.2. The second-order valence-corrected chi connectivity index (χ2v) is 6.97. The first-order valence-electron chi connectivity index (χ1n) is 9.62. The Morgan fingerprint density at radius 1 is 1.04 bits per heavy atom. The van der Waals surface area contributed by atoms with Crippen LogP contribution in [0.1, 0.15) is 37.6 Å². The number of hydrogen-bond acceptors (Lipinski definition) is 4. The van der Waals surface area contributed by atoms with Gasteiger partial charge in [-0.3, -0.25) is 9.59 Å². The number of nitrogens with one attached hydrogen (secondary N) is 3. The van der Waals surface area contributed by atoms with Crippen molar-refractivity contribution in [3.8, 4) is 5.75 Å². The summed E-state index contributed by atoms with van der Waals surface area (Å²) < 4.78 is 5.67. The molecule has 3 N–H and O–H groups in total. The van der Waals surface area contributed by atoms with Gasteiger partial charge in [-0.25, -0.2) is 0 Å². The lowest BCUT2D eigenvalue weighted by Gasteiger charge is -2.11. The van der Waals surface area contributed by atoms with E-state index in [-0.39, 0.29) is 18.4 Å². The van der Waals surface area contributed by atoms with Crippen LogP contribution >= 0.6 is 0 Å². The van der Waals surface area contributed by atoms with E-state index in [4.69, 9.17) is 4.74 Å². The molecule has 0 radical (unpaired) electrons. The van der Waals surface area contributed by atoms with Gasteiger partial charge in [-0.15, -0.1) is 0 Å². The van der Waals surface area contributed by atoms with Crippen molar-refractivity contribution in [2.75, 3.05) is 30.3 Å². The lowest BCUT2D eigenvalue weighted by molar-refractivity contribution is -0.114. The van der Waals surface area contributed by atoms with E-state index in [9.17, 15) is 9.59 Å². The Hall–Kier alpha value is -3.02. The van der Waals surface area contributed by atoms with Crippen LogP contribution < -0.4 is 20.7 Å². The normalized spacial score (nSPS) is 10.4. The fourth-order valence-corrected chi connectivity index (χ4v) is 2.39. The van der Waals surface area contributed by atoms with E-state index in [1.807, 2.05) is 31.2 Å². The van der Waals surface area contributed by atoms with Crippen LogP contribution in [-0.2, 0) is 4.79 Å². The van der Waals surface area contributed by atoms with Gasteiger partial charge in [0.25, 0.3) is 5.91 Å². The maximum atomic E-state index is 12.2. The number of rotatable bonds is 10. The molecule has 0 aliphatic carbocycles. The van der Waals surface area contributed by atoms with Gasteiger partial charge < -0.3 is 20.7 Å². The molecule has 2 rings (SSSR count). The molecule has 0 aromatic heterocycles. The first-order valence-corrected chi connectivity index (χ1v) is 9.62. The fraction of sp³-hybridized carbons (Fsp3) is 0.364. The molecule has 0 aliphatic heterocycles. The minimum Gasteiger partial charge on any atom is -0.493 e. The molecule has 150 valence electrons. The van der Waals surface area contributed by atoms with Crippen molar-refractivity contribution >= 4 is 23.2 Å². The molecule has 0 bridgehead atoms. The van der Waals surface area contributed by atoms with Crippen LogP contribution in [0.4, 0.5) is 11.4 Å². The van der Waals surface area contributed by atoms with Gasteiger partial charge in [0.15, 0.2) is 0 Å². The molecule has 0 saturated heterocycles. The van der Waals surface area contributed by atoms with Crippen LogP contribution in [0, 0.1) is 5.92 Å².